The van der Waals surface area contributed by atoms with Gasteiger partial charge in [0.25, 0.3) is 0 Å². The number of hydrogen-bond donors (Lipinski definition) is 0. The van der Waals surface area contributed by atoms with Crippen LogP contribution in [0.25, 0.3) is 11.1 Å². The van der Waals surface area contributed by atoms with Crippen LogP contribution in [-0.4, -0.2) is 0 Å². The lowest BCUT2D eigenvalue weighted by Gasteiger charge is -2.03. The molecule has 2 rings (SSSR count). The Morgan fingerprint density at radius 3 is 1.81 bits per heavy atom. The molecule has 0 saturated carbocycles. The van der Waals surface area contributed by atoms with Crippen molar-refractivity contribution in [2.75, 3.05) is 0 Å². The van der Waals surface area contributed by atoms with Gasteiger partial charge < -0.3 is 0 Å². The second-order valence-electron chi connectivity index (χ2n) is 3.97. The number of rotatable bonds is 3. The Bertz CT molecular complexity index is 440. The van der Waals surface area contributed by atoms with Gasteiger partial charge in [0.2, 0.25) is 0 Å². The van der Waals surface area contributed by atoms with Crippen LogP contribution < -0.4 is 0 Å². The molecule has 0 atom stereocenters. The van der Waals surface area contributed by atoms with Crippen LogP contribution >= 0.6 is 0 Å². The van der Waals surface area contributed by atoms with Gasteiger partial charge in [0.05, 0.1) is 0 Å². The summed E-state index contributed by atoms with van der Waals surface area (Å²) in [4.78, 5) is 0. The molecular formula is C15H15O. The third kappa shape index (κ3) is 2.43. The second-order valence-corrected chi connectivity index (χ2v) is 3.97. The average Bonchev–Trinajstić information content (AvgIpc) is 2.32. The van der Waals surface area contributed by atoms with Crippen molar-refractivity contribution in [1.29, 1.82) is 0 Å². The molecule has 0 fully saturated rings. The van der Waals surface area contributed by atoms with E-state index in [1.807, 2.05) is 12.1 Å². The van der Waals surface area contributed by atoms with E-state index >= 15 is 0 Å². The van der Waals surface area contributed by atoms with Crippen molar-refractivity contribution in [3.05, 3.63) is 54.1 Å². The third-order valence-corrected chi connectivity index (χ3v) is 2.68. The number of aryl methyl sites for hydroxylation is 1. The molecule has 0 aliphatic carbocycles. The summed E-state index contributed by atoms with van der Waals surface area (Å²) in [7, 11) is 0. The van der Waals surface area contributed by atoms with Crippen molar-refractivity contribution in [1.82, 2.24) is 0 Å². The van der Waals surface area contributed by atoms with E-state index < -0.39 is 0 Å². The molecule has 81 valence electrons. The van der Waals surface area contributed by atoms with E-state index in [1.54, 1.807) is 12.1 Å². The normalized spacial score (nSPS) is 10.3. The van der Waals surface area contributed by atoms with Crippen LogP contribution in [0.3, 0.4) is 0 Å². The predicted molar refractivity (Wildman–Crippen MR) is 66.0 cm³/mol. The van der Waals surface area contributed by atoms with Gasteiger partial charge in [-0.2, -0.15) is 0 Å². The highest BCUT2D eigenvalue weighted by molar-refractivity contribution is 5.64. The highest BCUT2D eigenvalue weighted by Crippen LogP contribution is 2.22. The Balaban J connectivity index is 2.24. The van der Waals surface area contributed by atoms with Gasteiger partial charge in [0.15, 0.2) is 5.75 Å². The fourth-order valence-electron chi connectivity index (χ4n) is 1.80. The molecule has 0 heterocycles. The quantitative estimate of drug-likeness (QED) is 0.714. The van der Waals surface area contributed by atoms with Crippen molar-refractivity contribution >= 4 is 0 Å². The largest absolute Gasteiger partial charge is 0.290 e. The van der Waals surface area contributed by atoms with Crippen LogP contribution in [0.5, 0.6) is 5.75 Å². The summed E-state index contributed by atoms with van der Waals surface area (Å²) in [5.74, 6) is 0.0614. The first-order chi connectivity index (χ1) is 7.79. The molecule has 0 aromatic heterocycles. The summed E-state index contributed by atoms with van der Waals surface area (Å²) < 4.78 is 0. The van der Waals surface area contributed by atoms with Crippen LogP contribution in [-0.2, 0) is 11.5 Å². The average molecular weight is 211 g/mol. The van der Waals surface area contributed by atoms with Gasteiger partial charge in [-0.25, -0.2) is 0 Å². The Morgan fingerprint density at radius 1 is 0.812 bits per heavy atom. The minimum atomic E-state index is 0.0614. The van der Waals surface area contributed by atoms with Gasteiger partial charge in [0, 0.05) is 0 Å². The Labute approximate surface area is 96.4 Å². The minimum absolute atomic E-state index is 0.0614. The first kappa shape index (κ1) is 10.7. The van der Waals surface area contributed by atoms with Crippen molar-refractivity contribution in [2.45, 2.75) is 19.8 Å². The Hall–Kier alpha value is -1.76. The minimum Gasteiger partial charge on any atom is -0.290 e. The molecule has 1 nitrogen and oxygen atoms in total. The SMILES string of the molecule is CCCc1ccc(-c2ccc([O])cc2)cc1. The van der Waals surface area contributed by atoms with E-state index in [0.717, 1.165) is 12.0 Å². The summed E-state index contributed by atoms with van der Waals surface area (Å²) in [6.07, 6.45) is 2.30. The third-order valence-electron chi connectivity index (χ3n) is 2.68. The van der Waals surface area contributed by atoms with Crippen molar-refractivity contribution in [3.8, 4) is 16.9 Å². The fraction of sp³-hybridized carbons (Fsp3) is 0.200. The van der Waals surface area contributed by atoms with E-state index in [9.17, 15) is 5.11 Å². The molecule has 1 heteroatoms. The van der Waals surface area contributed by atoms with Crippen molar-refractivity contribution in [3.63, 3.8) is 0 Å². The highest BCUT2D eigenvalue weighted by Gasteiger charge is 1.98. The highest BCUT2D eigenvalue weighted by atomic mass is 16.3. The van der Waals surface area contributed by atoms with E-state index in [0.29, 0.717) is 0 Å². The Morgan fingerprint density at radius 2 is 1.31 bits per heavy atom. The lowest BCUT2D eigenvalue weighted by molar-refractivity contribution is 0.355. The van der Waals surface area contributed by atoms with Crippen LogP contribution in [0.2, 0.25) is 0 Å². The second kappa shape index (κ2) is 4.84. The summed E-state index contributed by atoms with van der Waals surface area (Å²) >= 11 is 0. The maximum absolute atomic E-state index is 11.0. The molecule has 0 N–H and O–H groups in total. The molecule has 2 aromatic carbocycles. The zero-order chi connectivity index (χ0) is 11.4. The predicted octanol–water partition coefficient (Wildman–Crippen LogP) is 4.45. The molecule has 0 amide bonds. The van der Waals surface area contributed by atoms with Crippen LogP contribution in [0.4, 0.5) is 0 Å². The van der Waals surface area contributed by atoms with Crippen LogP contribution in [0, 0.1) is 0 Å². The molecule has 0 bridgehead atoms. The van der Waals surface area contributed by atoms with Gasteiger partial charge in [-0.15, -0.1) is 0 Å². The van der Waals surface area contributed by atoms with Crippen molar-refractivity contribution < 1.29 is 5.11 Å². The summed E-state index contributed by atoms with van der Waals surface area (Å²) in [6, 6.07) is 15.5. The van der Waals surface area contributed by atoms with Gasteiger partial charge in [-0.1, -0.05) is 49.7 Å². The summed E-state index contributed by atoms with van der Waals surface area (Å²) in [6.45, 7) is 2.18. The van der Waals surface area contributed by atoms with Crippen LogP contribution in [0.1, 0.15) is 18.9 Å². The van der Waals surface area contributed by atoms with Gasteiger partial charge in [-0.3, -0.25) is 5.11 Å². The first-order valence-corrected chi connectivity index (χ1v) is 5.66. The molecule has 1 radical (unpaired) electrons. The van der Waals surface area contributed by atoms with E-state index in [-0.39, 0.29) is 5.75 Å². The molecule has 0 aliphatic rings. The monoisotopic (exact) mass is 211 g/mol. The standard InChI is InChI=1S/C15H15O/c1-2-3-12-4-6-13(7-5-12)14-8-10-15(16)11-9-14/h4-11H,2-3H2,1H3. The topological polar surface area (TPSA) is 19.9 Å². The zero-order valence-electron chi connectivity index (χ0n) is 9.44. The van der Waals surface area contributed by atoms with Gasteiger partial charge >= 0.3 is 0 Å². The summed E-state index contributed by atoms with van der Waals surface area (Å²) in [5.41, 5.74) is 3.63. The Kier molecular flexibility index (Phi) is 3.25. The van der Waals surface area contributed by atoms with Gasteiger partial charge in [-0.05, 0) is 35.2 Å². The molecule has 2 aromatic rings. The maximum Gasteiger partial charge on any atom is 0.178 e. The molecular weight excluding hydrogens is 196 g/mol. The molecule has 0 unspecified atom stereocenters. The van der Waals surface area contributed by atoms with Gasteiger partial charge in [0.1, 0.15) is 0 Å². The fourth-order valence-corrected chi connectivity index (χ4v) is 1.80. The lowest BCUT2D eigenvalue weighted by atomic mass is 10.0. The van der Waals surface area contributed by atoms with E-state index in [4.69, 9.17) is 0 Å². The first-order valence-electron chi connectivity index (χ1n) is 5.66. The van der Waals surface area contributed by atoms with E-state index in [1.165, 1.54) is 17.5 Å². The number of hydrogen-bond acceptors (Lipinski definition) is 0. The zero-order valence-corrected chi connectivity index (χ0v) is 9.44. The summed E-state index contributed by atoms with van der Waals surface area (Å²) in [5, 5.41) is 11.0. The number of benzene rings is 2. The molecule has 0 saturated heterocycles. The van der Waals surface area contributed by atoms with Crippen LogP contribution in [0.15, 0.2) is 48.5 Å². The lowest BCUT2D eigenvalue weighted by Crippen LogP contribution is -1.83. The molecule has 0 spiro atoms. The van der Waals surface area contributed by atoms with Crippen molar-refractivity contribution in [2.24, 2.45) is 0 Å². The van der Waals surface area contributed by atoms with E-state index in [2.05, 4.69) is 31.2 Å². The molecule has 0 aliphatic heterocycles. The maximum atomic E-state index is 11.0. The molecule has 16 heavy (non-hydrogen) atoms. The smallest absolute Gasteiger partial charge is 0.178 e.